The van der Waals surface area contributed by atoms with Crippen LogP contribution >= 0.6 is 0 Å². The first kappa shape index (κ1) is 12.3. The van der Waals surface area contributed by atoms with E-state index in [4.69, 9.17) is 0 Å². The van der Waals surface area contributed by atoms with E-state index >= 15 is 0 Å². The van der Waals surface area contributed by atoms with Gasteiger partial charge in [-0.2, -0.15) is 9.90 Å². The van der Waals surface area contributed by atoms with Crippen molar-refractivity contribution in [2.75, 3.05) is 0 Å². The molecule has 0 saturated heterocycles. The molecule has 0 aliphatic heterocycles. The Morgan fingerprint density at radius 2 is 2.05 bits per heavy atom. The summed E-state index contributed by atoms with van der Waals surface area (Å²) in [4.78, 5) is 17.9. The first-order valence-electron chi connectivity index (χ1n) is 6.33. The van der Waals surface area contributed by atoms with E-state index in [2.05, 4.69) is 15.2 Å². The second-order valence-electron chi connectivity index (χ2n) is 4.22. The molecule has 20 heavy (non-hydrogen) atoms. The van der Waals surface area contributed by atoms with Crippen molar-refractivity contribution in [3.8, 4) is 5.69 Å². The number of hydrogen-bond donors (Lipinski definition) is 0. The molecule has 0 unspecified atom stereocenters. The lowest BCUT2D eigenvalue weighted by atomic mass is 10.3. The summed E-state index contributed by atoms with van der Waals surface area (Å²) < 4.78 is 1.78. The number of rotatable bonds is 4. The number of benzene rings is 1. The molecule has 6 nitrogen and oxygen atoms in total. The summed E-state index contributed by atoms with van der Waals surface area (Å²) in [5, 5.41) is 8.34. The predicted octanol–water partition coefficient (Wildman–Crippen LogP) is 1.71. The maximum atomic E-state index is 12.3. The van der Waals surface area contributed by atoms with Crippen LogP contribution in [0.15, 0.2) is 48.9 Å². The summed E-state index contributed by atoms with van der Waals surface area (Å²) in [5.41, 5.74) is 1.10. The zero-order valence-electron chi connectivity index (χ0n) is 11.0. The van der Waals surface area contributed by atoms with Gasteiger partial charge < -0.3 is 4.57 Å². The lowest BCUT2D eigenvalue weighted by Gasteiger charge is -2.01. The average molecular weight is 267 g/mol. The van der Waals surface area contributed by atoms with Gasteiger partial charge in [-0.3, -0.25) is 4.79 Å². The predicted molar refractivity (Wildman–Crippen MR) is 72.7 cm³/mol. The number of aromatic nitrogens is 5. The maximum absolute atomic E-state index is 12.3. The molecule has 0 bridgehead atoms. The number of nitrogens with zero attached hydrogens (tertiary/aromatic N) is 5. The number of carbonyl (C=O) groups is 1. The Hall–Kier alpha value is -2.76. The van der Waals surface area contributed by atoms with Gasteiger partial charge in [-0.15, -0.1) is 5.10 Å². The fourth-order valence-electron chi connectivity index (χ4n) is 1.94. The summed E-state index contributed by atoms with van der Waals surface area (Å²) >= 11 is 0. The highest BCUT2D eigenvalue weighted by Gasteiger charge is 2.18. The first-order chi connectivity index (χ1) is 9.79. The summed E-state index contributed by atoms with van der Waals surface area (Å²) in [6, 6.07) is 9.45. The second kappa shape index (κ2) is 5.08. The SMILES string of the molecule is CCn1ccnc1C(=O)c1cnn(-c2ccccc2)n1. The number of ketones is 1. The Kier molecular flexibility index (Phi) is 3.12. The van der Waals surface area contributed by atoms with Crippen LogP contribution in [-0.2, 0) is 6.54 Å². The van der Waals surface area contributed by atoms with Crippen molar-refractivity contribution in [1.82, 2.24) is 24.5 Å². The molecule has 0 aliphatic rings. The maximum Gasteiger partial charge on any atom is 0.250 e. The Morgan fingerprint density at radius 1 is 1.25 bits per heavy atom. The van der Waals surface area contributed by atoms with E-state index in [1.54, 1.807) is 17.0 Å². The van der Waals surface area contributed by atoms with Crippen molar-refractivity contribution in [3.05, 3.63) is 60.4 Å². The van der Waals surface area contributed by atoms with Crippen molar-refractivity contribution in [1.29, 1.82) is 0 Å². The molecule has 100 valence electrons. The average Bonchev–Trinajstić information content (AvgIpc) is 3.16. The molecule has 0 amide bonds. The number of hydrogen-bond acceptors (Lipinski definition) is 4. The minimum absolute atomic E-state index is 0.223. The highest BCUT2D eigenvalue weighted by molar-refractivity contribution is 6.05. The molecule has 2 aromatic heterocycles. The monoisotopic (exact) mass is 267 g/mol. The van der Waals surface area contributed by atoms with Crippen molar-refractivity contribution in [2.24, 2.45) is 0 Å². The highest BCUT2D eigenvalue weighted by atomic mass is 16.1. The van der Waals surface area contributed by atoms with Crippen LogP contribution in [0, 0.1) is 0 Å². The smallest absolute Gasteiger partial charge is 0.250 e. The van der Waals surface area contributed by atoms with Crippen molar-refractivity contribution in [3.63, 3.8) is 0 Å². The third-order valence-corrected chi connectivity index (χ3v) is 2.97. The molecule has 6 heteroatoms. The van der Waals surface area contributed by atoms with Gasteiger partial charge in [0, 0.05) is 18.9 Å². The van der Waals surface area contributed by atoms with Crippen LogP contribution in [-0.4, -0.2) is 30.3 Å². The first-order valence-corrected chi connectivity index (χ1v) is 6.33. The fraction of sp³-hybridized carbons (Fsp3) is 0.143. The quantitative estimate of drug-likeness (QED) is 0.675. The summed E-state index contributed by atoms with van der Waals surface area (Å²) in [5.74, 6) is 0.159. The fourth-order valence-corrected chi connectivity index (χ4v) is 1.94. The van der Waals surface area contributed by atoms with Crippen LogP contribution in [0.2, 0.25) is 0 Å². The largest absolute Gasteiger partial charge is 0.328 e. The zero-order valence-corrected chi connectivity index (χ0v) is 11.0. The summed E-state index contributed by atoms with van der Waals surface area (Å²) in [6.45, 7) is 2.65. The molecule has 0 saturated carbocycles. The lowest BCUT2D eigenvalue weighted by molar-refractivity contribution is 0.102. The van der Waals surface area contributed by atoms with Crippen molar-refractivity contribution >= 4 is 5.78 Å². The van der Waals surface area contributed by atoms with E-state index < -0.39 is 0 Å². The summed E-state index contributed by atoms with van der Waals surface area (Å²) in [6.07, 6.45) is 4.84. The third-order valence-electron chi connectivity index (χ3n) is 2.97. The van der Waals surface area contributed by atoms with Gasteiger partial charge >= 0.3 is 0 Å². The summed E-state index contributed by atoms with van der Waals surface area (Å²) in [7, 11) is 0. The van der Waals surface area contributed by atoms with Crippen LogP contribution < -0.4 is 0 Å². The van der Waals surface area contributed by atoms with Gasteiger partial charge in [-0.05, 0) is 19.1 Å². The standard InChI is InChI=1S/C14H13N5O/c1-2-18-9-8-15-14(18)13(20)12-10-16-19(17-12)11-6-4-3-5-7-11/h3-10H,2H2,1H3. The van der Waals surface area contributed by atoms with Gasteiger partial charge in [0.15, 0.2) is 11.5 Å². The van der Waals surface area contributed by atoms with Gasteiger partial charge in [0.05, 0.1) is 11.9 Å². The van der Waals surface area contributed by atoms with Gasteiger partial charge in [0.2, 0.25) is 5.78 Å². The van der Waals surface area contributed by atoms with E-state index in [0.29, 0.717) is 12.4 Å². The van der Waals surface area contributed by atoms with Gasteiger partial charge in [-0.1, -0.05) is 18.2 Å². The molecule has 0 spiro atoms. The molecule has 1 aromatic carbocycles. The van der Waals surface area contributed by atoms with E-state index in [9.17, 15) is 4.79 Å². The molecule has 3 rings (SSSR count). The molecule has 0 fully saturated rings. The minimum atomic E-state index is -0.223. The topological polar surface area (TPSA) is 65.6 Å². The molecule has 0 atom stereocenters. The zero-order chi connectivity index (χ0) is 13.9. The number of carbonyl (C=O) groups excluding carboxylic acids is 1. The highest BCUT2D eigenvalue weighted by Crippen LogP contribution is 2.08. The van der Waals surface area contributed by atoms with Gasteiger partial charge in [0.25, 0.3) is 0 Å². The molecule has 0 N–H and O–H groups in total. The van der Waals surface area contributed by atoms with Gasteiger partial charge in [0.1, 0.15) is 0 Å². The Labute approximate surface area is 115 Å². The Morgan fingerprint density at radius 3 is 2.80 bits per heavy atom. The lowest BCUT2D eigenvalue weighted by Crippen LogP contribution is -2.11. The number of imidazole rings is 1. The Balaban J connectivity index is 1.93. The molecule has 2 heterocycles. The molecular formula is C14H13N5O. The molecule has 0 aliphatic carbocycles. The van der Waals surface area contributed by atoms with E-state index in [1.807, 2.05) is 37.3 Å². The van der Waals surface area contributed by atoms with Gasteiger partial charge in [-0.25, -0.2) is 4.98 Å². The third kappa shape index (κ3) is 2.11. The molecule has 3 aromatic rings. The van der Waals surface area contributed by atoms with E-state index in [1.165, 1.54) is 11.0 Å². The van der Waals surface area contributed by atoms with Crippen LogP contribution in [0.4, 0.5) is 0 Å². The van der Waals surface area contributed by atoms with Crippen LogP contribution in [0.3, 0.4) is 0 Å². The Bertz CT molecular complexity index is 729. The van der Waals surface area contributed by atoms with Crippen LogP contribution in [0.25, 0.3) is 5.69 Å². The number of para-hydroxylation sites is 1. The van der Waals surface area contributed by atoms with E-state index in [-0.39, 0.29) is 11.5 Å². The van der Waals surface area contributed by atoms with Crippen LogP contribution in [0.1, 0.15) is 23.2 Å². The van der Waals surface area contributed by atoms with Crippen molar-refractivity contribution in [2.45, 2.75) is 13.5 Å². The molecule has 0 radical (unpaired) electrons. The second-order valence-corrected chi connectivity index (χ2v) is 4.22. The van der Waals surface area contributed by atoms with Crippen molar-refractivity contribution < 1.29 is 4.79 Å². The van der Waals surface area contributed by atoms with Crippen LogP contribution in [0.5, 0.6) is 0 Å². The minimum Gasteiger partial charge on any atom is -0.328 e. The number of aryl methyl sites for hydroxylation is 1. The van der Waals surface area contributed by atoms with E-state index in [0.717, 1.165) is 5.69 Å². The normalized spacial score (nSPS) is 10.7. The molecular weight excluding hydrogens is 254 g/mol.